The minimum absolute atomic E-state index is 0.231. The van der Waals surface area contributed by atoms with Gasteiger partial charge in [0.1, 0.15) is 5.75 Å². The lowest BCUT2D eigenvalue weighted by Gasteiger charge is -2.09. The van der Waals surface area contributed by atoms with Gasteiger partial charge in [0, 0.05) is 10.9 Å². The minimum Gasteiger partial charge on any atom is -0.482 e. The quantitative estimate of drug-likeness (QED) is 0.828. The van der Waals surface area contributed by atoms with E-state index in [1.807, 2.05) is 0 Å². The van der Waals surface area contributed by atoms with Crippen molar-refractivity contribution >= 4 is 39.3 Å². The van der Waals surface area contributed by atoms with E-state index in [1.165, 1.54) is 0 Å². The van der Waals surface area contributed by atoms with Gasteiger partial charge in [0.15, 0.2) is 6.61 Å². The van der Waals surface area contributed by atoms with Gasteiger partial charge in [-0.15, -0.1) is 0 Å². The van der Waals surface area contributed by atoms with Gasteiger partial charge in [0.2, 0.25) is 5.91 Å². The molecule has 0 saturated carbocycles. The molecule has 98 valence electrons. The summed E-state index contributed by atoms with van der Waals surface area (Å²) in [6, 6.07) is 5.05. The van der Waals surface area contributed by atoms with Crippen LogP contribution in [0.25, 0.3) is 0 Å². The van der Waals surface area contributed by atoms with Crippen molar-refractivity contribution in [1.29, 1.82) is 0 Å². The number of carbonyl (C=O) groups is 2. The van der Waals surface area contributed by atoms with Crippen LogP contribution in [-0.2, 0) is 9.59 Å². The molecule has 0 spiro atoms. The first-order chi connectivity index (χ1) is 8.52. The van der Waals surface area contributed by atoms with Gasteiger partial charge in [0.05, 0.1) is 5.02 Å². The third-order valence-electron chi connectivity index (χ3n) is 1.92. The Morgan fingerprint density at radius 3 is 2.61 bits per heavy atom. The van der Waals surface area contributed by atoms with Crippen LogP contribution in [0.1, 0.15) is 13.3 Å². The third kappa shape index (κ3) is 4.93. The molecule has 5 nitrogen and oxygen atoms in total. The molecule has 1 aromatic rings. The van der Waals surface area contributed by atoms with Gasteiger partial charge < -0.3 is 4.74 Å². The molecule has 0 aromatic heterocycles. The Kier molecular flexibility index (Phi) is 5.94. The summed E-state index contributed by atoms with van der Waals surface area (Å²) in [7, 11) is 0. The molecule has 0 radical (unpaired) electrons. The predicted molar refractivity (Wildman–Crippen MR) is 71.2 cm³/mol. The number of hydrogen-bond acceptors (Lipinski definition) is 3. The summed E-state index contributed by atoms with van der Waals surface area (Å²) in [5, 5.41) is 0.398. The maximum absolute atomic E-state index is 11.3. The molecule has 0 aliphatic rings. The van der Waals surface area contributed by atoms with E-state index in [-0.39, 0.29) is 12.5 Å². The largest absolute Gasteiger partial charge is 0.482 e. The molecule has 0 heterocycles. The molecule has 0 unspecified atom stereocenters. The molecule has 0 atom stereocenters. The molecule has 2 N–H and O–H groups in total. The van der Waals surface area contributed by atoms with Crippen molar-refractivity contribution in [2.45, 2.75) is 13.3 Å². The number of hydrazine groups is 1. The molecule has 0 aliphatic carbocycles. The van der Waals surface area contributed by atoms with Crippen molar-refractivity contribution in [3.8, 4) is 5.75 Å². The van der Waals surface area contributed by atoms with Gasteiger partial charge in [-0.3, -0.25) is 20.4 Å². The molecular formula is C11H12BrClN2O3. The van der Waals surface area contributed by atoms with Crippen molar-refractivity contribution in [3.05, 3.63) is 27.7 Å². The molecule has 0 bridgehead atoms. The van der Waals surface area contributed by atoms with Crippen molar-refractivity contribution < 1.29 is 14.3 Å². The van der Waals surface area contributed by atoms with Gasteiger partial charge in [-0.1, -0.05) is 34.5 Å². The molecule has 0 fully saturated rings. The van der Waals surface area contributed by atoms with Gasteiger partial charge >= 0.3 is 0 Å². The SMILES string of the molecule is CCC(=O)NNC(=O)COc1ccc(Br)cc1Cl. The molecule has 7 heteroatoms. The Labute approximate surface area is 118 Å². The van der Waals surface area contributed by atoms with Crippen LogP contribution in [0.2, 0.25) is 5.02 Å². The van der Waals surface area contributed by atoms with Crippen molar-refractivity contribution in [2.24, 2.45) is 0 Å². The minimum atomic E-state index is -0.462. The highest BCUT2D eigenvalue weighted by molar-refractivity contribution is 9.10. The predicted octanol–water partition coefficient (Wildman–Crippen LogP) is 2.04. The highest BCUT2D eigenvalue weighted by Gasteiger charge is 2.06. The fraction of sp³-hybridized carbons (Fsp3) is 0.273. The van der Waals surface area contributed by atoms with Crippen LogP contribution in [-0.4, -0.2) is 18.4 Å². The second kappa shape index (κ2) is 7.23. The van der Waals surface area contributed by atoms with Crippen LogP contribution < -0.4 is 15.6 Å². The number of amides is 2. The van der Waals surface area contributed by atoms with Gasteiger partial charge in [-0.2, -0.15) is 0 Å². The second-order valence-corrected chi connectivity index (χ2v) is 4.64. The van der Waals surface area contributed by atoms with Crippen molar-refractivity contribution in [2.75, 3.05) is 6.61 Å². The van der Waals surface area contributed by atoms with E-state index < -0.39 is 5.91 Å². The van der Waals surface area contributed by atoms with Crippen LogP contribution in [0.3, 0.4) is 0 Å². The maximum Gasteiger partial charge on any atom is 0.276 e. The first-order valence-electron chi connectivity index (χ1n) is 5.18. The van der Waals surface area contributed by atoms with Gasteiger partial charge in [0.25, 0.3) is 5.91 Å². The van der Waals surface area contributed by atoms with Crippen LogP contribution in [0.4, 0.5) is 0 Å². The number of rotatable bonds is 4. The van der Waals surface area contributed by atoms with E-state index in [2.05, 4.69) is 26.8 Å². The van der Waals surface area contributed by atoms with E-state index in [0.717, 1.165) is 4.47 Å². The molecule has 2 amide bonds. The van der Waals surface area contributed by atoms with E-state index in [0.29, 0.717) is 17.2 Å². The number of nitrogens with one attached hydrogen (secondary N) is 2. The molecule has 1 aromatic carbocycles. The normalized spacial score (nSPS) is 9.72. The van der Waals surface area contributed by atoms with Crippen molar-refractivity contribution in [1.82, 2.24) is 10.9 Å². The molecule has 1 rings (SSSR count). The first kappa shape index (κ1) is 14.8. The van der Waals surface area contributed by atoms with E-state index in [9.17, 15) is 9.59 Å². The summed E-state index contributed by atoms with van der Waals surface area (Å²) in [5.74, 6) is -0.336. The number of benzene rings is 1. The van der Waals surface area contributed by atoms with E-state index >= 15 is 0 Å². The monoisotopic (exact) mass is 334 g/mol. The summed E-state index contributed by atoms with van der Waals surface area (Å²) in [6.07, 6.45) is 0.291. The summed E-state index contributed by atoms with van der Waals surface area (Å²) in [6.45, 7) is 1.45. The lowest BCUT2D eigenvalue weighted by Crippen LogP contribution is -2.43. The Bertz CT molecular complexity index is 454. The molecule has 18 heavy (non-hydrogen) atoms. The Balaban J connectivity index is 2.40. The second-order valence-electron chi connectivity index (χ2n) is 3.31. The van der Waals surface area contributed by atoms with Crippen LogP contribution in [0.5, 0.6) is 5.75 Å². The average molecular weight is 336 g/mol. The zero-order valence-electron chi connectivity index (χ0n) is 9.63. The highest BCUT2D eigenvalue weighted by atomic mass is 79.9. The summed E-state index contributed by atoms with van der Waals surface area (Å²) in [5.41, 5.74) is 4.45. The molecule has 0 aliphatic heterocycles. The summed E-state index contributed by atoms with van der Waals surface area (Å²) < 4.78 is 6.02. The Morgan fingerprint density at radius 1 is 1.33 bits per heavy atom. The lowest BCUT2D eigenvalue weighted by atomic mass is 10.3. The van der Waals surface area contributed by atoms with E-state index in [1.54, 1.807) is 25.1 Å². The van der Waals surface area contributed by atoms with Gasteiger partial charge in [-0.25, -0.2) is 0 Å². The zero-order chi connectivity index (χ0) is 13.5. The maximum atomic E-state index is 11.3. The molecule has 0 saturated heterocycles. The summed E-state index contributed by atoms with van der Waals surface area (Å²) in [4.78, 5) is 22.2. The van der Waals surface area contributed by atoms with Gasteiger partial charge in [-0.05, 0) is 18.2 Å². The fourth-order valence-corrected chi connectivity index (χ4v) is 1.73. The third-order valence-corrected chi connectivity index (χ3v) is 2.70. The van der Waals surface area contributed by atoms with Crippen LogP contribution in [0.15, 0.2) is 22.7 Å². The fourth-order valence-electron chi connectivity index (χ4n) is 0.999. The first-order valence-corrected chi connectivity index (χ1v) is 6.35. The number of carbonyl (C=O) groups excluding carboxylic acids is 2. The number of halogens is 2. The van der Waals surface area contributed by atoms with Crippen LogP contribution in [0, 0.1) is 0 Å². The lowest BCUT2D eigenvalue weighted by molar-refractivity contribution is -0.129. The smallest absolute Gasteiger partial charge is 0.276 e. The number of hydrogen-bond donors (Lipinski definition) is 2. The topological polar surface area (TPSA) is 67.4 Å². The summed E-state index contributed by atoms with van der Waals surface area (Å²) >= 11 is 9.16. The van der Waals surface area contributed by atoms with Crippen molar-refractivity contribution in [3.63, 3.8) is 0 Å². The Hall–Kier alpha value is -1.27. The average Bonchev–Trinajstić information content (AvgIpc) is 2.34. The standard InChI is InChI=1S/C11H12BrClN2O3/c1-2-10(16)14-15-11(17)6-18-9-4-3-7(12)5-8(9)13/h3-5H,2,6H2,1H3,(H,14,16)(H,15,17). The highest BCUT2D eigenvalue weighted by Crippen LogP contribution is 2.27. The van der Waals surface area contributed by atoms with E-state index in [4.69, 9.17) is 16.3 Å². The molecular weight excluding hydrogens is 323 g/mol. The Morgan fingerprint density at radius 2 is 2.00 bits per heavy atom. The zero-order valence-corrected chi connectivity index (χ0v) is 12.0. The van der Waals surface area contributed by atoms with Crippen LogP contribution >= 0.6 is 27.5 Å². The number of ether oxygens (including phenoxy) is 1.